The first-order valence-corrected chi connectivity index (χ1v) is 5.90. The van der Waals surface area contributed by atoms with Crippen LogP contribution in [0, 0.1) is 5.82 Å². The second-order valence-corrected chi connectivity index (χ2v) is 4.33. The van der Waals surface area contributed by atoms with Crippen molar-refractivity contribution in [3.8, 4) is 5.75 Å². The number of hydrogen-bond donors (Lipinski definition) is 1. The van der Waals surface area contributed by atoms with Crippen molar-refractivity contribution in [1.29, 1.82) is 0 Å². The van der Waals surface area contributed by atoms with Crippen LogP contribution < -0.4 is 0 Å². The van der Waals surface area contributed by atoms with Crippen molar-refractivity contribution in [3.05, 3.63) is 70.5 Å². The molecule has 0 aromatic heterocycles. The summed E-state index contributed by atoms with van der Waals surface area (Å²) in [4.78, 5) is 11.8. The molecule has 96 valence electrons. The van der Waals surface area contributed by atoms with Crippen LogP contribution in [0.4, 0.5) is 4.39 Å². The number of aromatic hydroxyl groups is 1. The van der Waals surface area contributed by atoms with Crippen LogP contribution in [0.25, 0.3) is 6.08 Å². The van der Waals surface area contributed by atoms with Crippen LogP contribution in [-0.4, -0.2) is 10.9 Å². The number of allylic oxidation sites excluding steroid dienone is 1. The van der Waals surface area contributed by atoms with E-state index in [0.29, 0.717) is 5.56 Å². The molecule has 0 radical (unpaired) electrons. The summed E-state index contributed by atoms with van der Waals surface area (Å²) in [7, 11) is 0. The Hall–Kier alpha value is -2.13. The van der Waals surface area contributed by atoms with Crippen molar-refractivity contribution < 1.29 is 14.3 Å². The third-order valence-corrected chi connectivity index (χ3v) is 2.81. The maximum Gasteiger partial charge on any atom is 0.185 e. The Kier molecular flexibility index (Phi) is 3.97. The van der Waals surface area contributed by atoms with E-state index in [1.807, 2.05) is 0 Å². The van der Waals surface area contributed by atoms with Crippen molar-refractivity contribution in [3.63, 3.8) is 0 Å². The van der Waals surface area contributed by atoms with E-state index in [9.17, 15) is 14.3 Å². The first kappa shape index (κ1) is 13.3. The fourth-order valence-electron chi connectivity index (χ4n) is 1.54. The van der Waals surface area contributed by atoms with Gasteiger partial charge >= 0.3 is 0 Å². The number of phenolic OH excluding ortho intramolecular Hbond substituents is 1. The number of ketones is 1. The molecule has 2 aromatic carbocycles. The molecule has 0 amide bonds. The van der Waals surface area contributed by atoms with Crippen LogP contribution >= 0.6 is 11.6 Å². The van der Waals surface area contributed by atoms with Gasteiger partial charge in [0, 0.05) is 5.56 Å². The summed E-state index contributed by atoms with van der Waals surface area (Å²) in [5.41, 5.74) is 0.952. The summed E-state index contributed by atoms with van der Waals surface area (Å²) >= 11 is 5.75. The van der Waals surface area contributed by atoms with E-state index >= 15 is 0 Å². The third-order valence-electron chi connectivity index (χ3n) is 2.51. The number of rotatable bonds is 3. The molecule has 2 aromatic rings. The van der Waals surface area contributed by atoms with Gasteiger partial charge in [0.1, 0.15) is 11.6 Å². The summed E-state index contributed by atoms with van der Waals surface area (Å²) < 4.78 is 13.0. The summed E-state index contributed by atoms with van der Waals surface area (Å²) in [5, 5.41) is 9.47. The molecule has 4 heteroatoms. The predicted molar refractivity (Wildman–Crippen MR) is 72.9 cm³/mol. The molecule has 0 saturated heterocycles. The molecule has 0 aliphatic heterocycles. The highest BCUT2D eigenvalue weighted by Gasteiger charge is 2.03. The molecule has 0 heterocycles. The Morgan fingerprint density at radius 3 is 2.68 bits per heavy atom. The Bertz CT molecular complexity index is 650. The highest BCUT2D eigenvalue weighted by molar-refractivity contribution is 6.32. The van der Waals surface area contributed by atoms with Gasteiger partial charge in [0.2, 0.25) is 0 Å². The van der Waals surface area contributed by atoms with Crippen LogP contribution in [0.2, 0.25) is 5.02 Å². The van der Waals surface area contributed by atoms with Crippen molar-refractivity contribution in [1.82, 2.24) is 0 Å². The maximum atomic E-state index is 13.0. The lowest BCUT2D eigenvalue weighted by atomic mass is 10.1. The number of halogens is 2. The van der Waals surface area contributed by atoms with E-state index < -0.39 is 5.82 Å². The second kappa shape index (κ2) is 5.67. The Labute approximate surface area is 114 Å². The summed E-state index contributed by atoms with van der Waals surface area (Å²) in [6.45, 7) is 0. The van der Waals surface area contributed by atoms with Gasteiger partial charge in [-0.05, 0) is 35.9 Å². The average Bonchev–Trinajstić information content (AvgIpc) is 2.40. The van der Waals surface area contributed by atoms with Gasteiger partial charge in [0.05, 0.1) is 5.02 Å². The first-order valence-electron chi connectivity index (χ1n) is 5.53. The molecular formula is C15H10ClFO2. The fourth-order valence-corrected chi connectivity index (χ4v) is 1.73. The molecular weight excluding hydrogens is 267 g/mol. The zero-order valence-electron chi connectivity index (χ0n) is 9.81. The van der Waals surface area contributed by atoms with E-state index in [2.05, 4.69) is 0 Å². The number of phenols is 1. The molecule has 0 bridgehead atoms. The minimum atomic E-state index is -0.452. The largest absolute Gasteiger partial charge is 0.506 e. The molecule has 2 nitrogen and oxygen atoms in total. The standard InChI is InChI=1S/C15H10ClFO2/c16-13-8-10(5-7-15(13)19)4-6-14(18)11-2-1-3-12(17)9-11/h1-9,19H. The Morgan fingerprint density at radius 1 is 1.21 bits per heavy atom. The number of carbonyl (C=O) groups is 1. The Morgan fingerprint density at radius 2 is 2.00 bits per heavy atom. The molecule has 2 rings (SSSR count). The highest BCUT2D eigenvalue weighted by Crippen LogP contribution is 2.24. The summed E-state index contributed by atoms with van der Waals surface area (Å²) in [6.07, 6.45) is 2.88. The zero-order chi connectivity index (χ0) is 13.8. The SMILES string of the molecule is O=C(C=Cc1ccc(O)c(Cl)c1)c1cccc(F)c1. The highest BCUT2D eigenvalue weighted by atomic mass is 35.5. The molecule has 0 unspecified atom stereocenters. The number of carbonyl (C=O) groups excluding carboxylic acids is 1. The van der Waals surface area contributed by atoms with Crippen LogP contribution in [0.5, 0.6) is 5.75 Å². The van der Waals surface area contributed by atoms with Crippen molar-refractivity contribution in [2.75, 3.05) is 0 Å². The summed E-state index contributed by atoms with van der Waals surface area (Å²) in [5.74, 6) is -0.772. The molecule has 0 aliphatic carbocycles. The number of hydrogen-bond acceptors (Lipinski definition) is 2. The molecule has 19 heavy (non-hydrogen) atoms. The quantitative estimate of drug-likeness (QED) is 0.677. The van der Waals surface area contributed by atoms with E-state index in [-0.39, 0.29) is 22.1 Å². The summed E-state index contributed by atoms with van der Waals surface area (Å²) in [6, 6.07) is 10.1. The minimum absolute atomic E-state index is 0.0183. The predicted octanol–water partition coefficient (Wildman–Crippen LogP) is 4.08. The van der Waals surface area contributed by atoms with Gasteiger partial charge < -0.3 is 5.11 Å². The minimum Gasteiger partial charge on any atom is -0.506 e. The molecule has 0 atom stereocenters. The van der Waals surface area contributed by atoms with Crippen molar-refractivity contribution in [2.24, 2.45) is 0 Å². The first-order chi connectivity index (χ1) is 9.06. The van der Waals surface area contributed by atoms with Gasteiger partial charge in [0.15, 0.2) is 5.78 Å². The zero-order valence-corrected chi connectivity index (χ0v) is 10.6. The van der Waals surface area contributed by atoms with E-state index in [4.69, 9.17) is 11.6 Å². The Balaban J connectivity index is 2.18. The number of benzene rings is 2. The molecule has 0 saturated carbocycles. The van der Waals surface area contributed by atoms with Gasteiger partial charge in [-0.15, -0.1) is 0 Å². The van der Waals surface area contributed by atoms with Gasteiger partial charge in [-0.3, -0.25) is 4.79 Å². The van der Waals surface area contributed by atoms with E-state index in [1.165, 1.54) is 36.4 Å². The maximum absolute atomic E-state index is 13.0. The fraction of sp³-hybridized carbons (Fsp3) is 0. The second-order valence-electron chi connectivity index (χ2n) is 3.92. The topological polar surface area (TPSA) is 37.3 Å². The average molecular weight is 277 g/mol. The lowest BCUT2D eigenvalue weighted by Gasteiger charge is -1.98. The van der Waals surface area contributed by atoms with E-state index in [0.717, 1.165) is 0 Å². The smallest absolute Gasteiger partial charge is 0.185 e. The van der Waals surface area contributed by atoms with E-state index in [1.54, 1.807) is 18.2 Å². The van der Waals surface area contributed by atoms with Gasteiger partial charge in [0.25, 0.3) is 0 Å². The lowest BCUT2D eigenvalue weighted by molar-refractivity contribution is 0.104. The monoisotopic (exact) mass is 276 g/mol. The molecule has 0 fully saturated rings. The van der Waals surface area contributed by atoms with Gasteiger partial charge in [-0.1, -0.05) is 35.9 Å². The van der Waals surface area contributed by atoms with Crippen LogP contribution in [0.15, 0.2) is 48.5 Å². The third kappa shape index (κ3) is 3.42. The van der Waals surface area contributed by atoms with Crippen LogP contribution in [0.1, 0.15) is 15.9 Å². The van der Waals surface area contributed by atoms with Crippen molar-refractivity contribution in [2.45, 2.75) is 0 Å². The van der Waals surface area contributed by atoms with Crippen LogP contribution in [-0.2, 0) is 0 Å². The molecule has 0 spiro atoms. The van der Waals surface area contributed by atoms with Gasteiger partial charge in [-0.2, -0.15) is 0 Å². The van der Waals surface area contributed by atoms with Gasteiger partial charge in [-0.25, -0.2) is 4.39 Å². The van der Waals surface area contributed by atoms with Crippen molar-refractivity contribution >= 4 is 23.5 Å². The normalized spacial score (nSPS) is 10.8. The molecule has 0 aliphatic rings. The lowest BCUT2D eigenvalue weighted by Crippen LogP contribution is -1.94. The van der Waals surface area contributed by atoms with Crippen LogP contribution in [0.3, 0.4) is 0 Å². The molecule has 1 N–H and O–H groups in total.